The Balaban J connectivity index is 1.56. The van der Waals surface area contributed by atoms with Crippen LogP contribution in [0.15, 0.2) is 51.6 Å². The lowest BCUT2D eigenvalue weighted by molar-refractivity contribution is -0.174. The van der Waals surface area contributed by atoms with Crippen molar-refractivity contribution in [1.82, 2.24) is 9.78 Å². The van der Waals surface area contributed by atoms with E-state index >= 15 is 0 Å². The molecule has 0 unspecified atom stereocenters. The number of nitrogens with zero attached hydrogens (tertiary/aromatic N) is 3. The smallest absolute Gasteiger partial charge is 0.410 e. The summed E-state index contributed by atoms with van der Waals surface area (Å²) in [6.07, 6.45) is -1.78. The maximum absolute atomic E-state index is 13.9. The summed E-state index contributed by atoms with van der Waals surface area (Å²) >= 11 is 3.34. The van der Waals surface area contributed by atoms with Crippen LogP contribution in [0.3, 0.4) is 0 Å². The molecule has 2 aromatic heterocycles. The number of para-hydroxylation sites is 1. The molecule has 162 valence electrons. The average molecular weight is 495 g/mol. The summed E-state index contributed by atoms with van der Waals surface area (Å²) in [5, 5.41) is 7.18. The summed E-state index contributed by atoms with van der Waals surface area (Å²) in [7, 11) is 0. The second-order valence-corrected chi connectivity index (χ2v) is 8.44. The summed E-state index contributed by atoms with van der Waals surface area (Å²) in [5.74, 6) is 0.0771. The Morgan fingerprint density at radius 3 is 2.77 bits per heavy atom. The van der Waals surface area contributed by atoms with Crippen LogP contribution in [0.1, 0.15) is 46.7 Å². The molecule has 0 aliphatic carbocycles. The zero-order valence-electron chi connectivity index (χ0n) is 16.2. The molecule has 10 heteroatoms. The first-order chi connectivity index (χ1) is 14.8. The summed E-state index contributed by atoms with van der Waals surface area (Å²) in [6.45, 7) is 0.482. The van der Waals surface area contributed by atoms with E-state index < -0.39 is 24.2 Å². The number of carbonyl (C=O) groups excluding carboxylic acids is 1. The number of furan rings is 1. The first-order valence-electron chi connectivity index (χ1n) is 9.89. The van der Waals surface area contributed by atoms with E-state index in [9.17, 15) is 18.0 Å². The van der Waals surface area contributed by atoms with E-state index in [4.69, 9.17) is 4.42 Å². The molecule has 1 amide bonds. The van der Waals surface area contributed by atoms with Gasteiger partial charge in [-0.3, -0.25) is 4.79 Å². The Kier molecular flexibility index (Phi) is 4.84. The van der Waals surface area contributed by atoms with Crippen molar-refractivity contribution in [3.63, 3.8) is 0 Å². The van der Waals surface area contributed by atoms with Gasteiger partial charge in [0.1, 0.15) is 11.6 Å². The van der Waals surface area contributed by atoms with E-state index in [1.165, 1.54) is 6.26 Å². The number of fused-ring (bicyclic) bond motifs is 2. The number of hydrogen-bond donors (Lipinski definition) is 1. The zero-order chi connectivity index (χ0) is 21.8. The number of hydrogen-bond acceptors (Lipinski definition) is 4. The number of alkyl halides is 3. The zero-order valence-corrected chi connectivity index (χ0v) is 17.8. The number of carbonyl (C=O) groups is 1. The van der Waals surface area contributed by atoms with Gasteiger partial charge in [-0.05, 0) is 52.5 Å². The molecular weight excluding hydrogens is 477 g/mol. The minimum absolute atomic E-state index is 0.0476. The largest absolute Gasteiger partial charge is 0.467 e. The quantitative estimate of drug-likeness (QED) is 0.511. The highest BCUT2D eigenvalue weighted by molar-refractivity contribution is 9.10. The molecule has 5 rings (SSSR count). The molecule has 0 fully saturated rings. The van der Waals surface area contributed by atoms with Crippen LogP contribution in [-0.2, 0) is 6.42 Å². The van der Waals surface area contributed by atoms with Crippen LogP contribution in [0.2, 0.25) is 0 Å². The molecule has 6 nitrogen and oxygen atoms in total. The van der Waals surface area contributed by atoms with Crippen LogP contribution in [0.5, 0.6) is 0 Å². The average Bonchev–Trinajstić information content (AvgIpc) is 3.40. The molecule has 0 saturated heterocycles. The van der Waals surface area contributed by atoms with Crippen molar-refractivity contribution in [1.29, 1.82) is 0 Å². The van der Waals surface area contributed by atoms with Gasteiger partial charge >= 0.3 is 6.18 Å². The lowest BCUT2D eigenvalue weighted by Crippen LogP contribution is -2.37. The number of aromatic nitrogens is 2. The third-order valence-electron chi connectivity index (χ3n) is 5.74. The predicted molar refractivity (Wildman–Crippen MR) is 111 cm³/mol. The molecule has 0 bridgehead atoms. The number of nitrogens with one attached hydrogen (secondary N) is 1. The van der Waals surface area contributed by atoms with Crippen LogP contribution in [0, 0.1) is 0 Å². The van der Waals surface area contributed by atoms with Gasteiger partial charge in [-0.1, -0.05) is 18.2 Å². The number of halogens is 4. The molecule has 4 heterocycles. The Morgan fingerprint density at radius 1 is 1.23 bits per heavy atom. The van der Waals surface area contributed by atoms with Crippen molar-refractivity contribution in [2.45, 2.75) is 37.5 Å². The highest BCUT2D eigenvalue weighted by Gasteiger charge is 2.48. The highest BCUT2D eigenvalue weighted by Crippen LogP contribution is 2.46. The number of amides is 1. The summed E-state index contributed by atoms with van der Waals surface area (Å²) in [4.78, 5) is 14.9. The molecule has 2 atom stereocenters. The van der Waals surface area contributed by atoms with Crippen molar-refractivity contribution in [2.24, 2.45) is 0 Å². The van der Waals surface area contributed by atoms with Crippen molar-refractivity contribution in [3.05, 3.63) is 64.2 Å². The Labute approximate surface area is 184 Å². The minimum Gasteiger partial charge on any atom is -0.467 e. The van der Waals surface area contributed by atoms with Gasteiger partial charge < -0.3 is 14.6 Å². The van der Waals surface area contributed by atoms with Gasteiger partial charge in [0, 0.05) is 18.7 Å². The maximum atomic E-state index is 13.9. The van der Waals surface area contributed by atoms with Crippen molar-refractivity contribution in [3.8, 4) is 0 Å². The Morgan fingerprint density at radius 2 is 2.03 bits per heavy atom. The van der Waals surface area contributed by atoms with Gasteiger partial charge in [0.2, 0.25) is 0 Å². The van der Waals surface area contributed by atoms with Crippen molar-refractivity contribution >= 4 is 33.3 Å². The van der Waals surface area contributed by atoms with E-state index in [1.54, 1.807) is 17.0 Å². The molecule has 0 spiro atoms. The molecule has 0 radical (unpaired) electrons. The fraction of sp³-hybridized carbons (Fsp3) is 0.333. The molecule has 1 aromatic carbocycles. The van der Waals surface area contributed by atoms with Crippen molar-refractivity contribution in [2.75, 3.05) is 16.8 Å². The predicted octanol–water partition coefficient (Wildman–Crippen LogP) is 5.49. The summed E-state index contributed by atoms with van der Waals surface area (Å²) < 4.78 is 48.1. The third-order valence-corrected chi connectivity index (χ3v) is 6.49. The normalized spacial score (nSPS) is 20.7. The Bertz CT molecular complexity index is 1130. The number of aryl methyl sites for hydroxylation is 1. The third kappa shape index (κ3) is 3.42. The van der Waals surface area contributed by atoms with Gasteiger partial charge in [0.15, 0.2) is 11.7 Å². The van der Waals surface area contributed by atoms with E-state index in [2.05, 4.69) is 26.3 Å². The lowest BCUT2D eigenvalue weighted by Gasteiger charge is -2.32. The number of benzene rings is 1. The minimum atomic E-state index is -4.54. The summed E-state index contributed by atoms with van der Waals surface area (Å²) in [6, 6.07) is 8.23. The van der Waals surface area contributed by atoms with Gasteiger partial charge in [-0.15, -0.1) is 0 Å². The first kappa shape index (κ1) is 20.2. The molecule has 1 N–H and O–H groups in total. The fourth-order valence-corrected chi connectivity index (χ4v) is 4.82. The molecule has 2 aliphatic heterocycles. The SMILES string of the molecule is O=C(c1nn2c(c1Br)N[C@H](c1ccco1)C[C@@H]2C(F)(F)F)N1CCCc2ccccc21. The van der Waals surface area contributed by atoms with Crippen LogP contribution in [0.4, 0.5) is 24.7 Å². The molecule has 0 saturated carbocycles. The maximum Gasteiger partial charge on any atom is 0.410 e. The van der Waals surface area contributed by atoms with E-state index in [0.29, 0.717) is 12.3 Å². The molecular formula is C21H18BrF3N4O2. The van der Waals surface area contributed by atoms with Crippen molar-refractivity contribution < 1.29 is 22.4 Å². The van der Waals surface area contributed by atoms with Gasteiger partial charge in [0.05, 0.1) is 16.8 Å². The second-order valence-electron chi connectivity index (χ2n) is 7.65. The topological polar surface area (TPSA) is 63.3 Å². The molecule has 31 heavy (non-hydrogen) atoms. The fourth-order valence-electron chi connectivity index (χ4n) is 4.27. The Hall–Kier alpha value is -2.75. The lowest BCUT2D eigenvalue weighted by atomic mass is 10.0. The standard InChI is InChI=1S/C21H18BrF3N4O2/c22-17-18(20(30)28-9-3-6-12-5-1-2-7-14(12)28)27-29-16(21(23,24)25)11-13(26-19(17)29)15-8-4-10-31-15/h1-2,4-5,7-8,10,13,16,26H,3,6,9,11H2/t13-,16+/m0/s1. The number of rotatable bonds is 2. The van der Waals surface area contributed by atoms with Gasteiger partial charge in [-0.2, -0.15) is 18.3 Å². The first-order valence-corrected chi connectivity index (χ1v) is 10.7. The highest BCUT2D eigenvalue weighted by atomic mass is 79.9. The van der Waals surface area contributed by atoms with Crippen LogP contribution < -0.4 is 10.2 Å². The monoisotopic (exact) mass is 494 g/mol. The van der Waals surface area contributed by atoms with Crippen LogP contribution in [-0.4, -0.2) is 28.4 Å². The number of anilines is 2. The second kappa shape index (κ2) is 7.44. The van der Waals surface area contributed by atoms with E-state index in [-0.39, 0.29) is 22.4 Å². The van der Waals surface area contributed by atoms with Crippen LogP contribution in [0.25, 0.3) is 0 Å². The van der Waals surface area contributed by atoms with E-state index in [1.807, 2.05) is 24.3 Å². The molecule has 3 aromatic rings. The van der Waals surface area contributed by atoms with Gasteiger partial charge in [0.25, 0.3) is 5.91 Å². The van der Waals surface area contributed by atoms with Gasteiger partial charge in [-0.25, -0.2) is 4.68 Å². The summed E-state index contributed by atoms with van der Waals surface area (Å²) in [5.41, 5.74) is 1.75. The van der Waals surface area contributed by atoms with Crippen LogP contribution >= 0.6 is 15.9 Å². The molecule has 2 aliphatic rings. The van der Waals surface area contributed by atoms with E-state index in [0.717, 1.165) is 28.8 Å².